The van der Waals surface area contributed by atoms with Crippen molar-refractivity contribution >= 4 is 22.6 Å². The van der Waals surface area contributed by atoms with Gasteiger partial charge in [-0.2, -0.15) is 0 Å². The van der Waals surface area contributed by atoms with Crippen LogP contribution in [0.3, 0.4) is 0 Å². The lowest BCUT2D eigenvalue weighted by Crippen LogP contribution is -2.39. The van der Waals surface area contributed by atoms with Crippen molar-refractivity contribution in [3.05, 3.63) is 48.5 Å². The second-order valence-electron chi connectivity index (χ2n) is 5.61. The zero-order valence-electron chi connectivity index (χ0n) is 13.0. The monoisotopic (exact) mass is 323 g/mol. The van der Waals surface area contributed by atoms with Gasteiger partial charge in [0, 0.05) is 11.3 Å². The predicted octanol–water partition coefficient (Wildman–Crippen LogP) is 2.58. The molecule has 1 fully saturated rings. The first-order valence-corrected chi connectivity index (χ1v) is 7.85. The molecule has 0 spiro atoms. The summed E-state index contributed by atoms with van der Waals surface area (Å²) in [7, 11) is 0. The molecule has 0 bridgehead atoms. The predicted molar refractivity (Wildman–Crippen MR) is 90.7 cm³/mol. The van der Waals surface area contributed by atoms with Crippen LogP contribution < -0.4 is 5.32 Å². The number of amides is 1. The van der Waals surface area contributed by atoms with Gasteiger partial charge in [-0.05, 0) is 18.2 Å². The summed E-state index contributed by atoms with van der Waals surface area (Å²) in [6.07, 6.45) is -0.559. The lowest BCUT2D eigenvalue weighted by atomic mass is 10.2. The number of anilines is 1. The van der Waals surface area contributed by atoms with Crippen LogP contribution in [0.2, 0.25) is 0 Å². The first-order chi connectivity index (χ1) is 11.8. The Morgan fingerprint density at radius 2 is 2.04 bits per heavy atom. The van der Waals surface area contributed by atoms with Crippen molar-refractivity contribution in [2.45, 2.75) is 6.10 Å². The molecule has 1 unspecified atom stereocenters. The summed E-state index contributed by atoms with van der Waals surface area (Å²) in [4.78, 5) is 20.1. The van der Waals surface area contributed by atoms with Crippen LogP contribution in [0.25, 0.3) is 22.4 Å². The fraction of sp³-hybridized carbons (Fsp3) is 0.222. The molecule has 1 aromatic heterocycles. The van der Waals surface area contributed by atoms with Gasteiger partial charge in [-0.1, -0.05) is 30.3 Å². The Balaban J connectivity index is 1.56. The number of hydrogen-bond donors (Lipinski definition) is 2. The number of carbonyl (C=O) groups is 1. The zero-order chi connectivity index (χ0) is 16.4. The van der Waals surface area contributed by atoms with Gasteiger partial charge in [0.2, 0.25) is 0 Å². The molecule has 2 aromatic carbocycles. The Bertz CT molecular complexity index is 854. The van der Waals surface area contributed by atoms with Gasteiger partial charge in [0.25, 0.3) is 5.91 Å². The molecule has 1 aliphatic rings. The Morgan fingerprint density at radius 3 is 2.83 bits per heavy atom. The van der Waals surface area contributed by atoms with Crippen LogP contribution in [-0.4, -0.2) is 41.8 Å². The molecular formula is C18H17N3O3. The Labute approximate surface area is 138 Å². The number of benzene rings is 2. The fourth-order valence-corrected chi connectivity index (χ4v) is 2.68. The molecule has 1 atom stereocenters. The maximum Gasteiger partial charge on any atom is 0.255 e. The number of carbonyl (C=O) groups excluding carboxylic acids is 1. The summed E-state index contributed by atoms with van der Waals surface area (Å²) in [5.74, 6) is 0.606. The first kappa shape index (κ1) is 14.9. The number of hydrogen-bond acceptors (Lipinski definition) is 4. The van der Waals surface area contributed by atoms with Crippen molar-refractivity contribution in [2.24, 2.45) is 0 Å². The molecule has 0 saturated carbocycles. The maximum atomic E-state index is 12.2. The van der Waals surface area contributed by atoms with Gasteiger partial charge in [-0.3, -0.25) is 4.79 Å². The standard InChI is InChI=1S/C18H17N3O3/c22-18(16-11-23-8-9-24-16)19-13-6-7-14-15(10-13)21-17(20-14)12-4-2-1-3-5-12/h1-7,10,16H,8-9,11H2,(H,19,22)(H,20,21). The minimum atomic E-state index is -0.559. The van der Waals surface area contributed by atoms with E-state index < -0.39 is 6.10 Å². The molecule has 1 aliphatic heterocycles. The highest BCUT2D eigenvalue weighted by molar-refractivity contribution is 5.96. The number of aromatic amines is 1. The van der Waals surface area contributed by atoms with Gasteiger partial charge in [-0.15, -0.1) is 0 Å². The normalized spacial score (nSPS) is 17.8. The molecule has 3 aromatic rings. The Kier molecular flexibility index (Phi) is 3.98. The number of nitrogens with one attached hydrogen (secondary N) is 2. The van der Waals surface area contributed by atoms with Crippen LogP contribution in [0.1, 0.15) is 0 Å². The van der Waals surface area contributed by atoms with Gasteiger partial charge in [0.05, 0.1) is 30.9 Å². The molecule has 1 saturated heterocycles. The van der Waals surface area contributed by atoms with Crippen molar-refractivity contribution in [2.75, 3.05) is 25.1 Å². The van der Waals surface area contributed by atoms with Gasteiger partial charge in [0.15, 0.2) is 6.10 Å². The van der Waals surface area contributed by atoms with E-state index >= 15 is 0 Å². The van der Waals surface area contributed by atoms with Gasteiger partial charge < -0.3 is 19.8 Å². The summed E-state index contributed by atoms with van der Waals surface area (Å²) in [6, 6.07) is 15.5. The quantitative estimate of drug-likeness (QED) is 0.777. The number of imidazole rings is 1. The fourth-order valence-electron chi connectivity index (χ4n) is 2.68. The SMILES string of the molecule is O=C(Nc1ccc2nc(-c3ccccc3)[nH]c2c1)C1COCCO1. The van der Waals surface area contributed by atoms with E-state index in [2.05, 4.69) is 15.3 Å². The van der Waals surface area contributed by atoms with Crippen LogP contribution in [0.5, 0.6) is 0 Å². The van der Waals surface area contributed by atoms with Gasteiger partial charge >= 0.3 is 0 Å². The molecule has 6 heteroatoms. The van der Waals surface area contributed by atoms with E-state index in [1.807, 2.05) is 48.5 Å². The molecule has 0 radical (unpaired) electrons. The van der Waals surface area contributed by atoms with Crippen LogP contribution in [-0.2, 0) is 14.3 Å². The second kappa shape index (κ2) is 6.43. The maximum absolute atomic E-state index is 12.2. The summed E-state index contributed by atoms with van der Waals surface area (Å²) < 4.78 is 10.7. The average molecular weight is 323 g/mol. The third kappa shape index (κ3) is 3.02. The van der Waals surface area contributed by atoms with Crippen molar-refractivity contribution < 1.29 is 14.3 Å². The Morgan fingerprint density at radius 1 is 1.17 bits per heavy atom. The highest BCUT2D eigenvalue weighted by Crippen LogP contribution is 2.23. The number of nitrogens with zero attached hydrogens (tertiary/aromatic N) is 1. The van der Waals surface area contributed by atoms with Crippen molar-refractivity contribution in [1.29, 1.82) is 0 Å². The number of H-pyrrole nitrogens is 1. The molecular weight excluding hydrogens is 306 g/mol. The Hall–Kier alpha value is -2.70. The summed E-state index contributed by atoms with van der Waals surface area (Å²) >= 11 is 0. The first-order valence-electron chi connectivity index (χ1n) is 7.85. The van der Waals surface area contributed by atoms with Gasteiger partial charge in [0.1, 0.15) is 5.82 Å². The van der Waals surface area contributed by atoms with Crippen molar-refractivity contribution in [3.8, 4) is 11.4 Å². The van der Waals surface area contributed by atoms with Gasteiger partial charge in [-0.25, -0.2) is 4.98 Å². The molecule has 0 aliphatic carbocycles. The summed E-state index contributed by atoms with van der Waals surface area (Å²) in [6.45, 7) is 1.26. The summed E-state index contributed by atoms with van der Waals surface area (Å²) in [5, 5.41) is 2.86. The number of ether oxygens (including phenoxy) is 2. The van der Waals surface area contributed by atoms with E-state index in [9.17, 15) is 4.79 Å². The lowest BCUT2D eigenvalue weighted by molar-refractivity contribution is -0.142. The minimum absolute atomic E-state index is 0.197. The number of aromatic nitrogens is 2. The molecule has 2 heterocycles. The third-order valence-corrected chi connectivity index (χ3v) is 3.91. The van der Waals surface area contributed by atoms with Crippen LogP contribution >= 0.6 is 0 Å². The minimum Gasteiger partial charge on any atom is -0.376 e. The van der Waals surface area contributed by atoms with E-state index in [0.29, 0.717) is 18.9 Å². The van der Waals surface area contributed by atoms with E-state index in [1.165, 1.54) is 0 Å². The average Bonchev–Trinajstić information content (AvgIpc) is 3.06. The molecule has 2 N–H and O–H groups in total. The number of fused-ring (bicyclic) bond motifs is 1. The van der Waals surface area contributed by atoms with E-state index in [0.717, 1.165) is 22.4 Å². The molecule has 6 nitrogen and oxygen atoms in total. The highest BCUT2D eigenvalue weighted by atomic mass is 16.6. The smallest absolute Gasteiger partial charge is 0.255 e. The summed E-state index contributed by atoms with van der Waals surface area (Å²) in [5.41, 5.74) is 3.44. The van der Waals surface area contributed by atoms with Crippen LogP contribution in [0.15, 0.2) is 48.5 Å². The second-order valence-corrected chi connectivity index (χ2v) is 5.61. The number of rotatable bonds is 3. The highest BCUT2D eigenvalue weighted by Gasteiger charge is 2.22. The van der Waals surface area contributed by atoms with E-state index in [1.54, 1.807) is 0 Å². The van der Waals surface area contributed by atoms with Crippen molar-refractivity contribution in [1.82, 2.24) is 9.97 Å². The largest absolute Gasteiger partial charge is 0.376 e. The molecule has 24 heavy (non-hydrogen) atoms. The molecule has 122 valence electrons. The van der Waals surface area contributed by atoms with E-state index in [-0.39, 0.29) is 12.5 Å². The molecule has 1 amide bonds. The topological polar surface area (TPSA) is 76.2 Å². The van der Waals surface area contributed by atoms with Crippen LogP contribution in [0.4, 0.5) is 5.69 Å². The van der Waals surface area contributed by atoms with Crippen molar-refractivity contribution in [3.63, 3.8) is 0 Å². The molecule has 4 rings (SSSR count). The third-order valence-electron chi connectivity index (χ3n) is 3.91. The van der Waals surface area contributed by atoms with E-state index in [4.69, 9.17) is 9.47 Å². The zero-order valence-corrected chi connectivity index (χ0v) is 13.0. The lowest BCUT2D eigenvalue weighted by Gasteiger charge is -2.22. The van der Waals surface area contributed by atoms with Crippen LogP contribution in [0, 0.1) is 0 Å².